The number of nitrogens with one attached hydrogen (secondary N) is 2. The molecule has 2 unspecified atom stereocenters. The number of benzene rings is 2. The standard InChI is InChI=1S/C23H29F2N3O4S/c1-14-12-28(13-15(2)32-14)19-11-10-18(20(24)21(19)25)26-22(29)16-6-8-17(9-7-16)27-33(30,31)23(3,4)5/h6-11,14-15,27H,12-13H2,1-5H3,(H,26,29). The molecular formula is C23H29F2N3O4S. The average molecular weight is 482 g/mol. The van der Waals surface area contributed by atoms with Crippen LogP contribution in [0.15, 0.2) is 36.4 Å². The normalized spacial score (nSPS) is 19.3. The van der Waals surface area contributed by atoms with Crippen LogP contribution in [0.4, 0.5) is 25.8 Å². The van der Waals surface area contributed by atoms with Crippen molar-refractivity contribution < 1.29 is 26.7 Å². The lowest BCUT2D eigenvalue weighted by molar-refractivity contribution is -0.00542. The summed E-state index contributed by atoms with van der Waals surface area (Å²) in [6, 6.07) is 8.41. The van der Waals surface area contributed by atoms with Gasteiger partial charge in [-0.1, -0.05) is 0 Å². The second-order valence-corrected chi connectivity index (χ2v) is 11.6. The highest BCUT2D eigenvalue weighted by Gasteiger charge is 2.29. The molecule has 2 aromatic carbocycles. The third kappa shape index (κ3) is 5.62. The highest BCUT2D eigenvalue weighted by molar-refractivity contribution is 7.94. The van der Waals surface area contributed by atoms with E-state index in [4.69, 9.17) is 4.74 Å². The van der Waals surface area contributed by atoms with E-state index in [-0.39, 0.29) is 34.8 Å². The van der Waals surface area contributed by atoms with E-state index in [0.29, 0.717) is 13.1 Å². The zero-order valence-corrected chi connectivity index (χ0v) is 20.1. The Morgan fingerprint density at radius 3 is 2.12 bits per heavy atom. The molecule has 1 heterocycles. The maximum atomic E-state index is 14.8. The van der Waals surface area contributed by atoms with Crippen LogP contribution in [0.2, 0.25) is 0 Å². The lowest BCUT2D eigenvalue weighted by atomic mass is 10.1. The molecule has 10 heteroatoms. The number of halogens is 2. The molecule has 1 aliphatic rings. The van der Waals surface area contributed by atoms with Crippen LogP contribution in [0.5, 0.6) is 0 Å². The molecule has 7 nitrogen and oxygen atoms in total. The topological polar surface area (TPSA) is 87.7 Å². The highest BCUT2D eigenvalue weighted by atomic mass is 32.2. The Morgan fingerprint density at radius 1 is 1.00 bits per heavy atom. The summed E-state index contributed by atoms with van der Waals surface area (Å²) in [6.07, 6.45) is -0.238. The number of carbonyl (C=O) groups excluding carboxylic acids is 1. The molecule has 2 N–H and O–H groups in total. The summed E-state index contributed by atoms with van der Waals surface area (Å²) in [4.78, 5) is 14.3. The third-order valence-electron chi connectivity index (χ3n) is 5.28. The quantitative estimate of drug-likeness (QED) is 0.662. The molecule has 0 aliphatic carbocycles. The van der Waals surface area contributed by atoms with Gasteiger partial charge in [-0.05, 0) is 71.0 Å². The number of ether oxygens (including phenoxy) is 1. The summed E-state index contributed by atoms with van der Waals surface area (Å²) in [5, 5.41) is 2.37. The van der Waals surface area contributed by atoms with E-state index in [1.165, 1.54) is 36.4 Å². The number of rotatable bonds is 5. The van der Waals surface area contributed by atoms with E-state index in [1.54, 1.807) is 25.7 Å². The smallest absolute Gasteiger partial charge is 0.255 e. The van der Waals surface area contributed by atoms with Gasteiger partial charge in [-0.3, -0.25) is 9.52 Å². The molecule has 0 radical (unpaired) electrons. The van der Waals surface area contributed by atoms with E-state index in [1.807, 2.05) is 13.8 Å². The molecule has 33 heavy (non-hydrogen) atoms. The van der Waals surface area contributed by atoms with E-state index in [0.717, 1.165) is 0 Å². The van der Waals surface area contributed by atoms with Gasteiger partial charge < -0.3 is 15.0 Å². The number of hydrogen-bond donors (Lipinski definition) is 2. The third-order valence-corrected chi connectivity index (χ3v) is 7.39. The lowest BCUT2D eigenvalue weighted by Crippen LogP contribution is -2.45. The number of carbonyl (C=O) groups is 1. The summed E-state index contributed by atoms with van der Waals surface area (Å²) in [7, 11) is -3.62. The van der Waals surface area contributed by atoms with Crippen LogP contribution >= 0.6 is 0 Å². The number of amides is 1. The molecule has 1 saturated heterocycles. The molecule has 3 rings (SSSR count). The Bertz CT molecular complexity index is 1120. The van der Waals surface area contributed by atoms with Crippen molar-refractivity contribution in [2.24, 2.45) is 0 Å². The number of nitrogens with zero attached hydrogens (tertiary/aromatic N) is 1. The van der Waals surface area contributed by atoms with Crippen LogP contribution in [-0.2, 0) is 14.8 Å². The first-order chi connectivity index (χ1) is 15.3. The molecule has 1 aliphatic heterocycles. The van der Waals surface area contributed by atoms with Crippen molar-refractivity contribution in [3.05, 3.63) is 53.6 Å². The minimum absolute atomic E-state index is 0.114. The molecule has 0 bridgehead atoms. The summed E-state index contributed by atoms with van der Waals surface area (Å²) in [6.45, 7) is 9.29. The second-order valence-electron chi connectivity index (χ2n) is 9.17. The molecule has 2 atom stereocenters. The minimum Gasteiger partial charge on any atom is -0.372 e. The van der Waals surface area contributed by atoms with Gasteiger partial charge in [0.25, 0.3) is 5.91 Å². The zero-order valence-electron chi connectivity index (χ0n) is 19.3. The highest BCUT2D eigenvalue weighted by Crippen LogP contribution is 2.29. The van der Waals surface area contributed by atoms with Gasteiger partial charge in [0.15, 0.2) is 11.6 Å². The fourth-order valence-corrected chi connectivity index (χ4v) is 4.20. The average Bonchev–Trinajstić information content (AvgIpc) is 2.70. The van der Waals surface area contributed by atoms with Crippen LogP contribution in [0.1, 0.15) is 45.0 Å². The van der Waals surface area contributed by atoms with E-state index in [2.05, 4.69) is 10.0 Å². The summed E-state index contributed by atoms with van der Waals surface area (Å²) >= 11 is 0. The Morgan fingerprint density at radius 2 is 1.58 bits per heavy atom. The van der Waals surface area contributed by atoms with Crippen LogP contribution in [0.3, 0.4) is 0 Å². The predicted molar refractivity (Wildman–Crippen MR) is 125 cm³/mol. The Labute approximate surface area is 193 Å². The van der Waals surface area contributed by atoms with Gasteiger partial charge >= 0.3 is 0 Å². The summed E-state index contributed by atoms with van der Waals surface area (Å²) in [5.41, 5.74) is 0.279. The maximum Gasteiger partial charge on any atom is 0.255 e. The SMILES string of the molecule is CC1CN(c2ccc(NC(=O)c3ccc(NS(=O)(=O)C(C)(C)C)cc3)c(F)c2F)CC(C)O1. The first-order valence-corrected chi connectivity index (χ1v) is 12.1. The maximum absolute atomic E-state index is 14.8. The predicted octanol–water partition coefficient (Wildman–Crippen LogP) is 4.37. The number of hydrogen-bond acceptors (Lipinski definition) is 5. The van der Waals surface area contributed by atoms with Crippen molar-refractivity contribution >= 4 is 33.0 Å². The van der Waals surface area contributed by atoms with Crippen molar-refractivity contribution in [1.29, 1.82) is 0 Å². The van der Waals surface area contributed by atoms with Crippen LogP contribution < -0.4 is 14.9 Å². The van der Waals surface area contributed by atoms with Crippen LogP contribution in [-0.4, -0.2) is 44.4 Å². The Balaban J connectivity index is 1.73. The van der Waals surface area contributed by atoms with E-state index < -0.39 is 32.3 Å². The van der Waals surface area contributed by atoms with Crippen molar-refractivity contribution in [3.63, 3.8) is 0 Å². The molecular weight excluding hydrogens is 452 g/mol. The first kappa shape index (κ1) is 24.9. The molecule has 1 fully saturated rings. The molecule has 2 aromatic rings. The van der Waals surface area contributed by atoms with Crippen molar-refractivity contribution in [2.75, 3.05) is 28.0 Å². The van der Waals surface area contributed by atoms with Crippen molar-refractivity contribution in [2.45, 2.75) is 51.6 Å². The summed E-state index contributed by atoms with van der Waals surface area (Å²) < 4.78 is 61.1. The van der Waals surface area contributed by atoms with E-state index >= 15 is 0 Å². The van der Waals surface area contributed by atoms with Gasteiger partial charge in [0, 0.05) is 24.3 Å². The van der Waals surface area contributed by atoms with Gasteiger partial charge in [0.1, 0.15) is 0 Å². The van der Waals surface area contributed by atoms with Gasteiger partial charge in [-0.15, -0.1) is 0 Å². The molecule has 0 saturated carbocycles. The number of anilines is 3. The summed E-state index contributed by atoms with van der Waals surface area (Å²) in [5.74, 6) is -2.84. The van der Waals surface area contributed by atoms with Gasteiger partial charge in [-0.25, -0.2) is 17.2 Å². The second kappa shape index (κ2) is 9.26. The van der Waals surface area contributed by atoms with Gasteiger partial charge in [-0.2, -0.15) is 0 Å². The molecule has 180 valence electrons. The zero-order chi connectivity index (χ0) is 24.6. The van der Waals surface area contributed by atoms with Gasteiger partial charge in [0.2, 0.25) is 10.0 Å². The van der Waals surface area contributed by atoms with E-state index in [9.17, 15) is 22.0 Å². The molecule has 0 spiro atoms. The van der Waals surface area contributed by atoms with Gasteiger partial charge in [0.05, 0.1) is 28.3 Å². The largest absolute Gasteiger partial charge is 0.372 e. The molecule has 0 aromatic heterocycles. The van der Waals surface area contributed by atoms with Crippen LogP contribution in [0, 0.1) is 11.6 Å². The van der Waals surface area contributed by atoms with Crippen LogP contribution in [0.25, 0.3) is 0 Å². The fourth-order valence-electron chi connectivity index (χ4n) is 3.45. The van der Waals surface area contributed by atoms with Crippen molar-refractivity contribution in [3.8, 4) is 0 Å². The number of morpholine rings is 1. The fraction of sp³-hybridized carbons (Fsp3) is 0.435. The monoisotopic (exact) mass is 481 g/mol. The minimum atomic E-state index is -3.62. The Hall–Kier alpha value is -2.72. The van der Waals surface area contributed by atoms with Crippen molar-refractivity contribution in [1.82, 2.24) is 0 Å². The molecule has 1 amide bonds. The Kier molecular flexibility index (Phi) is 6.99. The lowest BCUT2D eigenvalue weighted by Gasteiger charge is -2.37. The number of sulfonamides is 1. The first-order valence-electron chi connectivity index (χ1n) is 10.6.